The Labute approximate surface area is 116 Å². The molecule has 0 radical (unpaired) electrons. The third-order valence-electron chi connectivity index (χ3n) is 3.50. The van der Waals surface area contributed by atoms with E-state index in [0.717, 1.165) is 28.8 Å². The zero-order valence-corrected chi connectivity index (χ0v) is 12.3. The number of alkyl halides is 1. The average molecular weight is 395 g/mol. The van der Waals surface area contributed by atoms with Gasteiger partial charge in [-0.15, -0.1) is 0 Å². The molecule has 1 heterocycles. The summed E-state index contributed by atoms with van der Waals surface area (Å²) in [7, 11) is 0. The van der Waals surface area contributed by atoms with Crippen LogP contribution in [-0.4, -0.2) is 10.2 Å². The minimum atomic E-state index is -0.389. The smallest absolute Gasteiger partial charge is 0.124 e. The zero-order chi connectivity index (χ0) is 11.5. The van der Waals surface area contributed by atoms with Crippen LogP contribution in [0.5, 0.6) is 5.75 Å². The lowest BCUT2D eigenvalue weighted by Gasteiger charge is -2.31. The first-order valence-electron chi connectivity index (χ1n) is 5.21. The van der Waals surface area contributed by atoms with Crippen LogP contribution in [0.4, 0.5) is 0 Å². The summed E-state index contributed by atoms with van der Waals surface area (Å²) in [5.41, 5.74) is 15.0. The third kappa shape index (κ3) is 1.38. The third-order valence-corrected chi connectivity index (χ3v) is 5.38. The fraction of sp³-hybridized carbons (Fsp3) is 0.455. The largest absolute Gasteiger partial charge is 0.493 e. The molecule has 0 saturated carbocycles. The van der Waals surface area contributed by atoms with Crippen molar-refractivity contribution in [2.75, 3.05) is 6.61 Å². The van der Waals surface area contributed by atoms with E-state index in [2.05, 4.69) is 44.6 Å². The number of hydrogen-bond donors (Lipinski definition) is 2. The lowest BCUT2D eigenvalue weighted by Crippen LogP contribution is -2.44. The summed E-state index contributed by atoms with van der Waals surface area (Å²) in [5.74, 6) is 1.26. The topological polar surface area (TPSA) is 61.3 Å². The molecule has 0 amide bonds. The standard InChI is InChI=1S/C11H12BrIN2O/c12-5-3-6-9-7(11(13,15)10(6)14)1-2-16-8(9)4-5/h3-4,7,10H,1-2,14-15H2/t7?,10?,11-/m0/s1. The first-order valence-corrected chi connectivity index (χ1v) is 7.08. The highest BCUT2D eigenvalue weighted by Gasteiger charge is 2.50. The van der Waals surface area contributed by atoms with Crippen molar-refractivity contribution in [3.8, 4) is 5.75 Å². The van der Waals surface area contributed by atoms with Gasteiger partial charge in [-0.05, 0) is 24.1 Å². The summed E-state index contributed by atoms with van der Waals surface area (Å²) in [5, 5.41) is 0. The molecular weight excluding hydrogens is 383 g/mol. The number of benzene rings is 1. The molecular formula is C11H12BrIN2O. The average Bonchev–Trinajstić information content (AvgIpc) is 2.42. The van der Waals surface area contributed by atoms with Crippen molar-refractivity contribution in [3.05, 3.63) is 27.7 Å². The summed E-state index contributed by atoms with van der Waals surface area (Å²) in [6.07, 6.45) is 0.953. The lowest BCUT2D eigenvalue weighted by molar-refractivity contribution is 0.257. The van der Waals surface area contributed by atoms with Gasteiger partial charge in [-0.2, -0.15) is 0 Å². The molecule has 0 fully saturated rings. The van der Waals surface area contributed by atoms with Crippen LogP contribution in [-0.2, 0) is 0 Å². The van der Waals surface area contributed by atoms with Crippen LogP contribution in [0.2, 0.25) is 0 Å². The molecule has 1 aromatic carbocycles. The first kappa shape index (κ1) is 11.3. The number of ether oxygens (including phenoxy) is 1. The summed E-state index contributed by atoms with van der Waals surface area (Å²) in [6, 6.07) is 3.96. The van der Waals surface area contributed by atoms with Crippen molar-refractivity contribution in [3.63, 3.8) is 0 Å². The van der Waals surface area contributed by atoms with Crippen molar-refractivity contribution < 1.29 is 4.74 Å². The highest BCUT2D eigenvalue weighted by Crippen LogP contribution is 2.56. The monoisotopic (exact) mass is 394 g/mol. The number of hydrogen-bond acceptors (Lipinski definition) is 3. The summed E-state index contributed by atoms with van der Waals surface area (Å²) < 4.78 is 6.31. The SMILES string of the molecule is NC1c2cc(Br)cc3c2C(CCO3)[C@@]1(N)I. The Morgan fingerprint density at radius 2 is 2.25 bits per heavy atom. The van der Waals surface area contributed by atoms with Gasteiger partial charge in [-0.25, -0.2) is 0 Å². The van der Waals surface area contributed by atoms with Crippen LogP contribution in [0.15, 0.2) is 16.6 Å². The highest BCUT2D eigenvalue weighted by molar-refractivity contribution is 14.1. The Bertz CT molecular complexity index is 464. The molecule has 3 nitrogen and oxygen atoms in total. The van der Waals surface area contributed by atoms with Gasteiger partial charge in [-0.3, -0.25) is 0 Å². The van der Waals surface area contributed by atoms with Crippen LogP contribution < -0.4 is 16.2 Å². The van der Waals surface area contributed by atoms with Gasteiger partial charge >= 0.3 is 0 Å². The van der Waals surface area contributed by atoms with Gasteiger partial charge in [0.05, 0.1) is 16.2 Å². The molecule has 3 rings (SSSR count). The number of nitrogens with two attached hydrogens (primary N) is 2. The Balaban J connectivity index is 2.27. The molecule has 0 bridgehead atoms. The molecule has 5 heteroatoms. The van der Waals surface area contributed by atoms with Crippen molar-refractivity contribution in [1.29, 1.82) is 0 Å². The minimum Gasteiger partial charge on any atom is -0.493 e. The van der Waals surface area contributed by atoms with Gasteiger partial charge in [-0.1, -0.05) is 38.5 Å². The van der Waals surface area contributed by atoms with Crippen LogP contribution in [0.25, 0.3) is 0 Å². The van der Waals surface area contributed by atoms with Crippen LogP contribution in [0.1, 0.15) is 29.5 Å². The predicted octanol–water partition coefficient (Wildman–Crippen LogP) is 2.42. The maximum absolute atomic E-state index is 6.37. The molecule has 4 N–H and O–H groups in total. The molecule has 1 aliphatic carbocycles. The number of rotatable bonds is 0. The highest BCUT2D eigenvalue weighted by atomic mass is 127. The van der Waals surface area contributed by atoms with Gasteiger partial charge in [0, 0.05) is 16.0 Å². The maximum atomic E-state index is 6.37. The molecule has 1 aliphatic heterocycles. The van der Waals surface area contributed by atoms with E-state index in [0.29, 0.717) is 5.92 Å². The van der Waals surface area contributed by atoms with Gasteiger partial charge in [0.15, 0.2) is 0 Å². The molecule has 86 valence electrons. The van der Waals surface area contributed by atoms with Crippen LogP contribution in [0.3, 0.4) is 0 Å². The fourth-order valence-corrected chi connectivity index (χ4v) is 4.10. The van der Waals surface area contributed by atoms with Gasteiger partial charge < -0.3 is 16.2 Å². The quantitative estimate of drug-likeness (QED) is 0.403. The van der Waals surface area contributed by atoms with E-state index in [4.69, 9.17) is 16.2 Å². The van der Waals surface area contributed by atoms with Gasteiger partial charge in [0.25, 0.3) is 0 Å². The van der Waals surface area contributed by atoms with Crippen molar-refractivity contribution >= 4 is 38.5 Å². The predicted molar refractivity (Wildman–Crippen MR) is 74.9 cm³/mol. The van der Waals surface area contributed by atoms with E-state index in [9.17, 15) is 0 Å². The molecule has 3 atom stereocenters. The molecule has 1 aromatic rings. The summed E-state index contributed by atoms with van der Waals surface area (Å²) >= 11 is 5.78. The molecule has 2 unspecified atom stereocenters. The minimum absolute atomic E-state index is 0.119. The van der Waals surface area contributed by atoms with E-state index in [1.54, 1.807) is 0 Å². The van der Waals surface area contributed by atoms with Gasteiger partial charge in [0.1, 0.15) is 5.75 Å². The summed E-state index contributed by atoms with van der Waals surface area (Å²) in [4.78, 5) is 0. The van der Waals surface area contributed by atoms with Crippen molar-refractivity contribution in [2.24, 2.45) is 11.5 Å². The van der Waals surface area contributed by atoms with E-state index in [1.165, 1.54) is 5.56 Å². The van der Waals surface area contributed by atoms with E-state index < -0.39 is 0 Å². The molecule has 0 aromatic heterocycles. The fourth-order valence-electron chi connectivity index (χ4n) is 2.69. The van der Waals surface area contributed by atoms with E-state index in [1.807, 2.05) is 6.07 Å². The molecule has 0 saturated heterocycles. The second kappa shape index (κ2) is 3.57. The molecule has 16 heavy (non-hydrogen) atoms. The van der Waals surface area contributed by atoms with Crippen molar-refractivity contribution in [2.45, 2.75) is 21.9 Å². The normalized spacial score (nSPS) is 35.8. The van der Waals surface area contributed by atoms with Crippen molar-refractivity contribution in [1.82, 2.24) is 0 Å². The van der Waals surface area contributed by atoms with Crippen LogP contribution >= 0.6 is 38.5 Å². The Kier molecular flexibility index (Phi) is 2.51. The Morgan fingerprint density at radius 1 is 1.50 bits per heavy atom. The summed E-state index contributed by atoms with van der Waals surface area (Å²) in [6.45, 7) is 0.724. The zero-order valence-electron chi connectivity index (χ0n) is 8.54. The second-order valence-electron chi connectivity index (χ2n) is 4.40. The molecule has 0 spiro atoms. The van der Waals surface area contributed by atoms with Crippen LogP contribution in [0, 0.1) is 0 Å². The lowest BCUT2D eigenvalue weighted by atomic mass is 9.93. The maximum Gasteiger partial charge on any atom is 0.124 e. The van der Waals surface area contributed by atoms with E-state index in [-0.39, 0.29) is 9.59 Å². The first-order chi connectivity index (χ1) is 7.51. The Morgan fingerprint density at radius 3 is 3.00 bits per heavy atom. The van der Waals surface area contributed by atoms with Gasteiger partial charge in [0.2, 0.25) is 0 Å². The van der Waals surface area contributed by atoms with E-state index >= 15 is 0 Å². The second-order valence-corrected chi connectivity index (χ2v) is 7.19. The Hall–Kier alpha value is 0.150. The number of halogens is 2. The molecule has 2 aliphatic rings.